The fourth-order valence-electron chi connectivity index (χ4n) is 5.76. The largest absolute Gasteiger partial charge is 0.395 e. The van der Waals surface area contributed by atoms with Crippen LogP contribution in [0, 0.1) is 12.3 Å². The first-order chi connectivity index (χ1) is 19.2. The van der Waals surface area contributed by atoms with Gasteiger partial charge in [-0.25, -0.2) is 27.5 Å². The lowest BCUT2D eigenvalue weighted by atomic mass is 9.93. The zero-order valence-electron chi connectivity index (χ0n) is 22.8. The number of piperidine rings is 2. The lowest BCUT2D eigenvalue weighted by Crippen LogP contribution is -2.35. The highest BCUT2D eigenvalue weighted by atomic mass is 32.2. The summed E-state index contributed by atoms with van der Waals surface area (Å²) in [5.41, 5.74) is 5.12. The molecular weight excluding hydrogens is 533 g/mol. The maximum atomic E-state index is 13.7. The number of hydrogen-bond donors (Lipinski definition) is 2. The molecule has 0 unspecified atom stereocenters. The van der Waals surface area contributed by atoms with Crippen LogP contribution in [0.5, 0.6) is 0 Å². The van der Waals surface area contributed by atoms with Crippen molar-refractivity contribution in [1.82, 2.24) is 19.7 Å². The summed E-state index contributed by atoms with van der Waals surface area (Å²) in [6.45, 7) is 4.48. The molecule has 1 aromatic carbocycles. The van der Waals surface area contributed by atoms with E-state index < -0.39 is 22.8 Å². The smallest absolute Gasteiger partial charge is 0.234 e. The second-order valence-corrected chi connectivity index (χ2v) is 13.2. The zero-order valence-corrected chi connectivity index (χ0v) is 23.6. The molecule has 2 aromatic heterocycles. The molecule has 0 amide bonds. The maximum Gasteiger partial charge on any atom is 0.234 e. The van der Waals surface area contributed by atoms with Gasteiger partial charge in [0.1, 0.15) is 6.17 Å². The van der Waals surface area contributed by atoms with E-state index in [1.54, 1.807) is 12.3 Å². The van der Waals surface area contributed by atoms with Gasteiger partial charge in [-0.15, -0.1) is 0 Å². The number of nitrogens with zero attached hydrogens (tertiary/aromatic N) is 6. The quantitative estimate of drug-likeness (QED) is 0.422. The SMILES string of the molecule is Cc1cc(-c2cnn(-c3ccc(NS(=O)(=O)CCO)cc3N3CCC4(CC3)CC4)c2)nc(N2CCC(F)CC2)n1. The molecular formula is C28H36FN7O3S. The molecule has 0 radical (unpaired) electrons. The molecule has 3 aromatic rings. The Morgan fingerprint density at radius 2 is 1.77 bits per heavy atom. The number of anilines is 3. The predicted molar refractivity (Wildman–Crippen MR) is 153 cm³/mol. The first kappa shape index (κ1) is 26.9. The molecule has 2 N–H and O–H groups in total. The molecule has 6 rings (SSSR count). The molecule has 1 saturated carbocycles. The van der Waals surface area contributed by atoms with Crippen LogP contribution >= 0.6 is 0 Å². The van der Waals surface area contributed by atoms with Crippen molar-refractivity contribution < 1.29 is 17.9 Å². The maximum absolute atomic E-state index is 13.7. The van der Waals surface area contributed by atoms with Crippen LogP contribution < -0.4 is 14.5 Å². The summed E-state index contributed by atoms with van der Waals surface area (Å²) >= 11 is 0. The second-order valence-electron chi connectivity index (χ2n) is 11.4. The third-order valence-corrected chi connectivity index (χ3v) is 9.67. The topological polar surface area (TPSA) is 116 Å². The van der Waals surface area contributed by atoms with E-state index in [-0.39, 0.29) is 5.75 Å². The number of sulfonamides is 1. The lowest BCUT2D eigenvalue weighted by molar-refractivity contribution is 0.276. The minimum atomic E-state index is -3.65. The average Bonchev–Trinajstić information content (AvgIpc) is 3.49. The number of halogens is 1. The molecule has 12 heteroatoms. The van der Waals surface area contributed by atoms with E-state index in [2.05, 4.69) is 19.7 Å². The van der Waals surface area contributed by atoms with Gasteiger partial charge in [-0.1, -0.05) is 0 Å². The minimum absolute atomic E-state index is 0.356. The number of nitrogens with one attached hydrogen (secondary N) is 1. The summed E-state index contributed by atoms with van der Waals surface area (Å²) in [5, 5.41) is 13.8. The predicted octanol–water partition coefficient (Wildman–Crippen LogP) is 3.69. The molecule has 1 aliphatic carbocycles. The Bertz CT molecular complexity index is 1470. The van der Waals surface area contributed by atoms with Crippen LogP contribution in [0.15, 0.2) is 36.7 Å². The molecule has 3 fully saturated rings. The third kappa shape index (κ3) is 5.78. The van der Waals surface area contributed by atoms with Crippen LogP contribution in [0.2, 0.25) is 0 Å². The number of aromatic nitrogens is 4. The molecule has 3 aliphatic rings. The van der Waals surface area contributed by atoms with E-state index in [1.807, 2.05) is 40.9 Å². The summed E-state index contributed by atoms with van der Waals surface area (Å²) in [4.78, 5) is 13.7. The summed E-state index contributed by atoms with van der Waals surface area (Å²) in [5.74, 6) is 0.252. The Labute approximate surface area is 234 Å². The van der Waals surface area contributed by atoms with Gasteiger partial charge in [0.05, 0.1) is 41.3 Å². The first-order valence-electron chi connectivity index (χ1n) is 14.0. The highest BCUT2D eigenvalue weighted by Gasteiger charge is 2.44. The summed E-state index contributed by atoms with van der Waals surface area (Å²) in [6, 6.07) is 7.38. The number of aliphatic hydroxyl groups is 1. The van der Waals surface area contributed by atoms with Crippen LogP contribution in [0.1, 0.15) is 44.2 Å². The van der Waals surface area contributed by atoms with Gasteiger partial charge >= 0.3 is 0 Å². The molecule has 2 saturated heterocycles. The molecule has 1 spiro atoms. The Morgan fingerprint density at radius 3 is 2.48 bits per heavy atom. The van der Waals surface area contributed by atoms with E-state index in [1.165, 1.54) is 12.8 Å². The third-order valence-electron chi connectivity index (χ3n) is 8.41. The number of aryl methyl sites for hydroxylation is 1. The Balaban J connectivity index is 1.31. The van der Waals surface area contributed by atoms with E-state index in [4.69, 9.17) is 10.1 Å². The number of alkyl halides is 1. The van der Waals surface area contributed by atoms with E-state index in [0.717, 1.165) is 54.3 Å². The van der Waals surface area contributed by atoms with Crippen LogP contribution in [0.4, 0.5) is 21.7 Å². The molecule has 0 atom stereocenters. The van der Waals surface area contributed by atoms with Crippen molar-refractivity contribution in [3.63, 3.8) is 0 Å². The molecule has 4 heterocycles. The van der Waals surface area contributed by atoms with E-state index in [0.29, 0.717) is 43.0 Å². The highest BCUT2D eigenvalue weighted by molar-refractivity contribution is 7.92. The normalized spacial score (nSPS) is 19.3. The number of hydrogen-bond acceptors (Lipinski definition) is 8. The highest BCUT2D eigenvalue weighted by Crippen LogP contribution is 2.54. The van der Waals surface area contributed by atoms with Crippen LogP contribution in [0.3, 0.4) is 0 Å². The van der Waals surface area contributed by atoms with Gasteiger partial charge in [-0.3, -0.25) is 4.72 Å². The molecule has 214 valence electrons. The average molecular weight is 570 g/mol. The first-order valence-corrected chi connectivity index (χ1v) is 15.7. The zero-order chi connectivity index (χ0) is 27.9. The molecule has 2 aliphatic heterocycles. The molecule has 40 heavy (non-hydrogen) atoms. The molecule has 10 nitrogen and oxygen atoms in total. The van der Waals surface area contributed by atoms with Gasteiger partial charge in [-0.05, 0) is 75.1 Å². The Kier molecular flexibility index (Phi) is 7.16. The van der Waals surface area contributed by atoms with Crippen molar-refractivity contribution in [3.8, 4) is 16.9 Å². The second kappa shape index (κ2) is 10.6. The van der Waals surface area contributed by atoms with Gasteiger partial charge in [0, 0.05) is 43.6 Å². The number of rotatable bonds is 8. The monoisotopic (exact) mass is 569 g/mol. The van der Waals surface area contributed by atoms with Crippen molar-refractivity contribution in [1.29, 1.82) is 0 Å². The number of benzene rings is 1. The summed E-state index contributed by atoms with van der Waals surface area (Å²) in [7, 11) is -3.65. The van der Waals surface area contributed by atoms with Crippen LogP contribution in [0.25, 0.3) is 16.9 Å². The minimum Gasteiger partial charge on any atom is -0.395 e. The van der Waals surface area contributed by atoms with Crippen LogP contribution in [-0.4, -0.2) is 78.0 Å². The van der Waals surface area contributed by atoms with E-state index >= 15 is 0 Å². The summed E-state index contributed by atoms with van der Waals surface area (Å²) < 4.78 is 42.8. The van der Waals surface area contributed by atoms with Gasteiger partial charge in [0.15, 0.2) is 0 Å². The molecule has 0 bridgehead atoms. The number of aliphatic hydroxyl groups excluding tert-OH is 1. The Morgan fingerprint density at radius 1 is 1.02 bits per heavy atom. The fourth-order valence-corrected chi connectivity index (χ4v) is 6.59. The van der Waals surface area contributed by atoms with Crippen LogP contribution in [-0.2, 0) is 10.0 Å². The van der Waals surface area contributed by atoms with Crippen molar-refractivity contribution in [2.75, 3.05) is 53.1 Å². The standard InChI is InChI=1S/C28H36FN7O3S/c1-20-16-24(32-27(31-20)35-10-4-22(29)5-11-35)21-18-30-36(19-21)25-3-2-23(33-40(38,39)15-14-37)17-26(25)34-12-8-28(6-7-28)9-13-34/h2-3,16-19,22,33,37H,4-15H2,1H3. The van der Waals surface area contributed by atoms with E-state index in [9.17, 15) is 12.8 Å². The van der Waals surface area contributed by atoms with Gasteiger partial charge in [-0.2, -0.15) is 5.10 Å². The fraction of sp³-hybridized carbons (Fsp3) is 0.536. The van der Waals surface area contributed by atoms with Gasteiger partial charge in [0.2, 0.25) is 16.0 Å². The summed E-state index contributed by atoms with van der Waals surface area (Å²) in [6.07, 6.45) is 8.75. The van der Waals surface area contributed by atoms with Crippen molar-refractivity contribution in [2.24, 2.45) is 5.41 Å². The van der Waals surface area contributed by atoms with Gasteiger partial charge < -0.3 is 14.9 Å². The lowest BCUT2D eigenvalue weighted by Gasteiger charge is -2.35. The van der Waals surface area contributed by atoms with Crippen molar-refractivity contribution >= 4 is 27.3 Å². The Hall–Kier alpha value is -3.25. The van der Waals surface area contributed by atoms with Crippen molar-refractivity contribution in [3.05, 3.63) is 42.4 Å². The van der Waals surface area contributed by atoms with Crippen molar-refractivity contribution in [2.45, 2.75) is 51.6 Å². The van der Waals surface area contributed by atoms with Gasteiger partial charge in [0.25, 0.3) is 0 Å².